The maximum atomic E-state index is 6.82. The summed E-state index contributed by atoms with van der Waals surface area (Å²) in [5.74, 6) is 0. The fraction of sp³-hybridized carbons (Fsp3) is 1.00. The van der Waals surface area contributed by atoms with Crippen molar-refractivity contribution in [3.05, 3.63) is 0 Å². The van der Waals surface area contributed by atoms with Crippen molar-refractivity contribution in [1.82, 2.24) is 0 Å². The summed E-state index contributed by atoms with van der Waals surface area (Å²) in [5, 5.41) is 0.302. The summed E-state index contributed by atoms with van der Waals surface area (Å²) in [6.07, 6.45) is 0. The van der Waals surface area contributed by atoms with Gasteiger partial charge >= 0.3 is 0 Å². The molecule has 0 rings (SSSR count). The lowest BCUT2D eigenvalue weighted by molar-refractivity contribution is 0.680. The average Bonchev–Trinajstić information content (AvgIpc) is 1.82. The lowest BCUT2D eigenvalue weighted by atomic mass is 10.2. The zero-order valence-electron chi connectivity index (χ0n) is 9.53. The molecule has 74 valence electrons. The zero-order valence-corrected chi connectivity index (χ0v) is 11.3. The van der Waals surface area contributed by atoms with Crippen molar-refractivity contribution in [1.29, 1.82) is 0 Å². The van der Waals surface area contributed by atoms with E-state index in [-0.39, 0.29) is 0 Å². The Morgan fingerprint density at radius 2 is 1.17 bits per heavy atom. The van der Waals surface area contributed by atoms with Crippen LogP contribution in [-0.2, 0) is 0 Å². The van der Waals surface area contributed by atoms with Gasteiger partial charge in [-0.2, -0.15) is 11.1 Å². The van der Waals surface area contributed by atoms with Crippen LogP contribution in [0.4, 0.5) is 0 Å². The summed E-state index contributed by atoms with van der Waals surface area (Å²) in [6, 6.07) is 0. The minimum Gasteiger partial charge on any atom is -0.166 e. The Bertz CT molecular complexity index is 136. The number of rotatable bonds is 2. The standard InChI is InChI=1S/C10H23ClSi/c1-8(2)12(11,9(3)4)10(5,6)7/h8-9H,1-7H3. The van der Waals surface area contributed by atoms with Crippen molar-refractivity contribution in [3.63, 3.8) is 0 Å². The molecule has 0 aliphatic carbocycles. The number of hydrogen-bond acceptors (Lipinski definition) is 0. The molecule has 0 saturated heterocycles. The van der Waals surface area contributed by atoms with Crippen LogP contribution in [0.15, 0.2) is 0 Å². The van der Waals surface area contributed by atoms with Gasteiger partial charge in [-0.15, -0.1) is 0 Å². The van der Waals surface area contributed by atoms with Crippen LogP contribution in [-0.4, -0.2) is 7.38 Å². The van der Waals surface area contributed by atoms with Gasteiger partial charge in [0.15, 0.2) is 7.38 Å². The monoisotopic (exact) mass is 206 g/mol. The second-order valence-electron chi connectivity index (χ2n) is 5.33. The van der Waals surface area contributed by atoms with Gasteiger partial charge in [0.25, 0.3) is 0 Å². The first-order valence-electron chi connectivity index (χ1n) is 4.83. The lowest BCUT2D eigenvalue weighted by Crippen LogP contribution is -2.44. The predicted molar refractivity (Wildman–Crippen MR) is 61.5 cm³/mol. The second-order valence-corrected chi connectivity index (χ2v) is 12.5. The minimum absolute atomic E-state index is 0.302. The van der Waals surface area contributed by atoms with E-state index in [2.05, 4.69) is 48.5 Å². The first-order chi connectivity index (χ1) is 5.14. The highest BCUT2D eigenvalue weighted by molar-refractivity contribution is 7.23. The van der Waals surface area contributed by atoms with E-state index in [4.69, 9.17) is 11.1 Å². The van der Waals surface area contributed by atoms with E-state index in [9.17, 15) is 0 Å². The van der Waals surface area contributed by atoms with Crippen LogP contribution in [0.1, 0.15) is 48.5 Å². The van der Waals surface area contributed by atoms with Gasteiger partial charge in [0.05, 0.1) is 0 Å². The molecule has 0 N–H and O–H groups in total. The maximum Gasteiger partial charge on any atom is 0.166 e. The molecule has 0 unspecified atom stereocenters. The van der Waals surface area contributed by atoms with Crippen LogP contribution in [0.5, 0.6) is 0 Å². The van der Waals surface area contributed by atoms with Gasteiger partial charge < -0.3 is 0 Å². The molecule has 0 atom stereocenters. The summed E-state index contributed by atoms with van der Waals surface area (Å²) < 4.78 is 0. The second kappa shape index (κ2) is 3.71. The summed E-state index contributed by atoms with van der Waals surface area (Å²) >= 11 is 6.82. The molecule has 0 aliphatic heterocycles. The van der Waals surface area contributed by atoms with E-state index in [0.717, 1.165) is 0 Å². The van der Waals surface area contributed by atoms with Crippen molar-refractivity contribution in [2.75, 3.05) is 0 Å². The topological polar surface area (TPSA) is 0 Å². The molecular formula is C10H23ClSi. The molecule has 0 bridgehead atoms. The molecule has 0 nitrogen and oxygen atoms in total. The van der Waals surface area contributed by atoms with Gasteiger partial charge in [0.2, 0.25) is 0 Å². The number of halogens is 1. The minimum atomic E-state index is -1.63. The van der Waals surface area contributed by atoms with Crippen LogP contribution in [0.2, 0.25) is 16.1 Å². The molecule has 0 aromatic heterocycles. The van der Waals surface area contributed by atoms with Crippen LogP contribution in [0, 0.1) is 0 Å². The van der Waals surface area contributed by atoms with Crippen molar-refractivity contribution >= 4 is 18.5 Å². The van der Waals surface area contributed by atoms with Crippen molar-refractivity contribution in [3.8, 4) is 0 Å². The molecule has 0 aromatic rings. The molecule has 0 amide bonds. The van der Waals surface area contributed by atoms with Crippen LogP contribution in [0.25, 0.3) is 0 Å². The maximum absolute atomic E-state index is 6.82. The SMILES string of the molecule is CC(C)[Si](Cl)(C(C)C)C(C)(C)C. The molecule has 0 saturated carbocycles. The quantitative estimate of drug-likeness (QED) is 0.450. The molecule has 0 aromatic carbocycles. The summed E-state index contributed by atoms with van der Waals surface area (Å²) in [5.41, 5.74) is 1.30. The fourth-order valence-corrected chi connectivity index (χ4v) is 7.20. The first kappa shape index (κ1) is 12.5. The van der Waals surface area contributed by atoms with Crippen molar-refractivity contribution in [2.45, 2.75) is 64.6 Å². The molecule has 0 spiro atoms. The Kier molecular flexibility index (Phi) is 3.87. The summed E-state index contributed by atoms with van der Waals surface area (Å²) in [6.45, 7) is 15.9. The molecule has 0 aliphatic rings. The van der Waals surface area contributed by atoms with Gasteiger partial charge in [0, 0.05) is 0 Å². The van der Waals surface area contributed by atoms with Gasteiger partial charge in [-0.05, 0) is 16.1 Å². The Morgan fingerprint density at radius 1 is 0.917 bits per heavy atom. The third-order valence-corrected chi connectivity index (χ3v) is 12.8. The third-order valence-electron chi connectivity index (χ3n) is 2.83. The summed E-state index contributed by atoms with van der Waals surface area (Å²) in [4.78, 5) is 0. The first-order valence-corrected chi connectivity index (χ1v) is 7.99. The molecule has 0 heterocycles. The highest BCUT2D eigenvalue weighted by Gasteiger charge is 2.48. The highest BCUT2D eigenvalue weighted by atomic mass is 35.6. The fourth-order valence-electron chi connectivity index (χ4n) is 2.40. The van der Waals surface area contributed by atoms with E-state index in [0.29, 0.717) is 16.1 Å². The molecule has 2 heteroatoms. The lowest BCUT2D eigenvalue weighted by Gasteiger charge is -2.43. The Morgan fingerprint density at radius 3 is 1.17 bits per heavy atom. The Labute approximate surface area is 83.4 Å². The van der Waals surface area contributed by atoms with E-state index >= 15 is 0 Å². The molecule has 12 heavy (non-hydrogen) atoms. The van der Waals surface area contributed by atoms with E-state index in [1.165, 1.54) is 0 Å². The molecule has 0 radical (unpaired) electrons. The normalized spacial score (nSPS) is 14.5. The van der Waals surface area contributed by atoms with Gasteiger partial charge in [-0.3, -0.25) is 0 Å². The van der Waals surface area contributed by atoms with E-state index in [1.54, 1.807) is 0 Å². The predicted octanol–water partition coefficient (Wildman–Crippen LogP) is 4.79. The van der Waals surface area contributed by atoms with Crippen LogP contribution >= 0.6 is 11.1 Å². The average molecular weight is 207 g/mol. The Hall–Kier alpha value is 0.507. The van der Waals surface area contributed by atoms with Crippen LogP contribution < -0.4 is 0 Å². The Balaban J connectivity index is 4.89. The van der Waals surface area contributed by atoms with E-state index in [1.807, 2.05) is 0 Å². The van der Waals surface area contributed by atoms with Gasteiger partial charge in [0.1, 0.15) is 0 Å². The van der Waals surface area contributed by atoms with Crippen LogP contribution in [0.3, 0.4) is 0 Å². The number of hydrogen-bond donors (Lipinski definition) is 0. The van der Waals surface area contributed by atoms with Crippen molar-refractivity contribution < 1.29 is 0 Å². The highest BCUT2D eigenvalue weighted by Crippen LogP contribution is 2.52. The molecule has 0 fully saturated rings. The van der Waals surface area contributed by atoms with Crippen molar-refractivity contribution in [2.24, 2.45) is 0 Å². The molecular weight excluding hydrogens is 184 g/mol. The van der Waals surface area contributed by atoms with Gasteiger partial charge in [-0.25, -0.2) is 0 Å². The summed E-state index contributed by atoms with van der Waals surface area (Å²) in [7, 11) is -1.63. The smallest absolute Gasteiger partial charge is 0.166 e. The zero-order chi connectivity index (χ0) is 10.2. The van der Waals surface area contributed by atoms with Gasteiger partial charge in [-0.1, -0.05) is 48.5 Å². The largest absolute Gasteiger partial charge is 0.166 e. The third kappa shape index (κ3) is 2.05. The van der Waals surface area contributed by atoms with E-state index < -0.39 is 7.38 Å².